The Kier molecular flexibility index (Phi) is 3.10. The molecule has 0 radical (unpaired) electrons. The molecule has 0 saturated heterocycles. The van der Waals surface area contributed by atoms with Crippen LogP contribution in [0.15, 0.2) is 48.5 Å². The highest BCUT2D eigenvalue weighted by molar-refractivity contribution is 6.11. The normalized spacial score (nSPS) is 10.0. The van der Waals surface area contributed by atoms with Crippen LogP contribution in [0.2, 0.25) is 0 Å². The number of hydrogen-bond acceptors (Lipinski definition) is 3. The molecule has 0 aliphatic rings. The first kappa shape index (κ1) is 11.9. The van der Waals surface area contributed by atoms with E-state index in [-0.39, 0.29) is 22.9 Å². The van der Waals surface area contributed by atoms with Gasteiger partial charge in [0, 0.05) is 11.1 Å². The lowest BCUT2D eigenvalue weighted by molar-refractivity contribution is 0.103. The van der Waals surface area contributed by atoms with Crippen LogP contribution in [0.25, 0.3) is 0 Å². The van der Waals surface area contributed by atoms with Crippen molar-refractivity contribution in [3.63, 3.8) is 0 Å². The summed E-state index contributed by atoms with van der Waals surface area (Å²) >= 11 is 0. The number of nitrogens with one attached hydrogen (secondary N) is 1. The molecule has 4 heteroatoms. The van der Waals surface area contributed by atoms with Crippen molar-refractivity contribution in [3.05, 3.63) is 65.2 Å². The molecule has 0 spiro atoms. The van der Waals surface area contributed by atoms with Gasteiger partial charge in [-0.2, -0.15) is 0 Å². The SMILES string of the molecule is N=C(N)c1ccc(O)c(C(=O)c2ccccc2)c1. The monoisotopic (exact) mass is 240 g/mol. The number of benzene rings is 2. The molecule has 0 unspecified atom stereocenters. The van der Waals surface area contributed by atoms with Crippen LogP contribution < -0.4 is 5.73 Å². The Bertz CT molecular complexity index is 606. The number of carbonyl (C=O) groups is 1. The minimum absolute atomic E-state index is 0.117. The summed E-state index contributed by atoms with van der Waals surface area (Å²) in [4.78, 5) is 12.2. The van der Waals surface area contributed by atoms with Gasteiger partial charge in [0.2, 0.25) is 0 Å². The minimum atomic E-state index is -0.295. The number of amidine groups is 1. The van der Waals surface area contributed by atoms with E-state index in [0.717, 1.165) is 0 Å². The molecular weight excluding hydrogens is 228 g/mol. The van der Waals surface area contributed by atoms with E-state index in [1.165, 1.54) is 18.2 Å². The molecule has 18 heavy (non-hydrogen) atoms. The molecule has 0 aliphatic carbocycles. The summed E-state index contributed by atoms with van der Waals surface area (Å²) in [5.74, 6) is -0.554. The van der Waals surface area contributed by atoms with Gasteiger partial charge >= 0.3 is 0 Å². The highest BCUT2D eigenvalue weighted by atomic mass is 16.3. The number of phenolic OH excluding ortho intramolecular Hbond substituents is 1. The molecule has 0 saturated carbocycles. The Morgan fingerprint density at radius 1 is 1.06 bits per heavy atom. The van der Waals surface area contributed by atoms with E-state index in [0.29, 0.717) is 11.1 Å². The van der Waals surface area contributed by atoms with E-state index in [9.17, 15) is 9.90 Å². The van der Waals surface area contributed by atoms with Crippen LogP contribution in [0.3, 0.4) is 0 Å². The molecule has 2 rings (SSSR count). The molecule has 0 atom stereocenters. The molecule has 0 aromatic heterocycles. The van der Waals surface area contributed by atoms with E-state index < -0.39 is 0 Å². The predicted molar refractivity (Wildman–Crippen MR) is 69.0 cm³/mol. The minimum Gasteiger partial charge on any atom is -0.507 e. The fourth-order valence-electron chi connectivity index (χ4n) is 1.63. The topological polar surface area (TPSA) is 87.2 Å². The lowest BCUT2D eigenvalue weighted by atomic mass is 10.00. The average molecular weight is 240 g/mol. The van der Waals surface area contributed by atoms with Crippen molar-refractivity contribution in [3.8, 4) is 5.75 Å². The highest BCUT2D eigenvalue weighted by Crippen LogP contribution is 2.21. The number of carbonyl (C=O) groups excluding carboxylic acids is 1. The zero-order chi connectivity index (χ0) is 13.1. The summed E-state index contributed by atoms with van der Waals surface area (Å²) < 4.78 is 0. The van der Waals surface area contributed by atoms with Crippen molar-refractivity contribution in [1.82, 2.24) is 0 Å². The molecule has 0 aliphatic heterocycles. The van der Waals surface area contributed by atoms with Gasteiger partial charge in [-0.15, -0.1) is 0 Å². The number of ketones is 1. The molecule has 0 fully saturated rings. The first-order valence-corrected chi connectivity index (χ1v) is 5.37. The van der Waals surface area contributed by atoms with Gasteiger partial charge in [0.05, 0.1) is 5.56 Å². The number of rotatable bonds is 3. The summed E-state index contributed by atoms with van der Waals surface area (Å²) in [6.45, 7) is 0. The number of hydrogen-bond donors (Lipinski definition) is 3. The second-order valence-corrected chi connectivity index (χ2v) is 3.84. The number of phenols is 1. The van der Waals surface area contributed by atoms with Crippen molar-refractivity contribution in [1.29, 1.82) is 5.41 Å². The van der Waals surface area contributed by atoms with Crippen molar-refractivity contribution < 1.29 is 9.90 Å². The number of nitrogens with two attached hydrogens (primary N) is 1. The Balaban J connectivity index is 2.48. The van der Waals surface area contributed by atoms with Crippen molar-refractivity contribution in [2.24, 2.45) is 5.73 Å². The fraction of sp³-hybridized carbons (Fsp3) is 0. The van der Waals surface area contributed by atoms with Gasteiger partial charge in [0.25, 0.3) is 0 Å². The van der Waals surface area contributed by atoms with Crippen LogP contribution in [-0.4, -0.2) is 16.7 Å². The van der Waals surface area contributed by atoms with Gasteiger partial charge in [0.1, 0.15) is 11.6 Å². The Morgan fingerprint density at radius 2 is 1.72 bits per heavy atom. The number of nitrogen functional groups attached to an aromatic ring is 1. The fourth-order valence-corrected chi connectivity index (χ4v) is 1.63. The van der Waals surface area contributed by atoms with E-state index in [1.54, 1.807) is 24.3 Å². The maximum atomic E-state index is 12.2. The Labute approximate surface area is 104 Å². The molecular formula is C14H12N2O2. The van der Waals surface area contributed by atoms with Crippen LogP contribution >= 0.6 is 0 Å². The molecule has 0 heterocycles. The third-order valence-corrected chi connectivity index (χ3v) is 2.59. The van der Waals surface area contributed by atoms with Crippen molar-refractivity contribution >= 4 is 11.6 Å². The second-order valence-electron chi connectivity index (χ2n) is 3.84. The van der Waals surface area contributed by atoms with Gasteiger partial charge in [-0.05, 0) is 18.2 Å². The van der Waals surface area contributed by atoms with E-state index in [4.69, 9.17) is 11.1 Å². The number of aromatic hydroxyl groups is 1. The van der Waals surface area contributed by atoms with Crippen LogP contribution in [0.1, 0.15) is 21.5 Å². The van der Waals surface area contributed by atoms with E-state index in [1.807, 2.05) is 6.07 Å². The summed E-state index contributed by atoms with van der Waals surface area (Å²) in [5.41, 5.74) is 6.40. The first-order chi connectivity index (χ1) is 8.59. The smallest absolute Gasteiger partial charge is 0.196 e. The average Bonchev–Trinajstić information content (AvgIpc) is 2.39. The second kappa shape index (κ2) is 4.71. The summed E-state index contributed by atoms with van der Waals surface area (Å²) in [5, 5.41) is 17.0. The first-order valence-electron chi connectivity index (χ1n) is 5.37. The van der Waals surface area contributed by atoms with Gasteiger partial charge in [-0.1, -0.05) is 30.3 Å². The summed E-state index contributed by atoms with van der Waals surface area (Å²) in [6, 6.07) is 12.9. The lowest BCUT2D eigenvalue weighted by Crippen LogP contribution is -2.12. The third-order valence-electron chi connectivity index (χ3n) is 2.59. The highest BCUT2D eigenvalue weighted by Gasteiger charge is 2.14. The van der Waals surface area contributed by atoms with Gasteiger partial charge in [0.15, 0.2) is 5.78 Å². The largest absolute Gasteiger partial charge is 0.507 e. The lowest BCUT2D eigenvalue weighted by Gasteiger charge is -2.06. The molecule has 2 aromatic carbocycles. The zero-order valence-electron chi connectivity index (χ0n) is 9.55. The Hall–Kier alpha value is -2.62. The zero-order valence-corrected chi connectivity index (χ0v) is 9.55. The summed E-state index contributed by atoms with van der Waals surface area (Å²) in [6.07, 6.45) is 0. The summed E-state index contributed by atoms with van der Waals surface area (Å²) in [7, 11) is 0. The van der Waals surface area contributed by atoms with Crippen LogP contribution in [0, 0.1) is 5.41 Å². The van der Waals surface area contributed by atoms with E-state index in [2.05, 4.69) is 0 Å². The van der Waals surface area contributed by atoms with Gasteiger partial charge in [-0.25, -0.2) is 0 Å². The predicted octanol–water partition coefficient (Wildman–Crippen LogP) is 1.91. The van der Waals surface area contributed by atoms with Gasteiger partial charge in [-0.3, -0.25) is 10.2 Å². The molecule has 4 nitrogen and oxygen atoms in total. The van der Waals surface area contributed by atoms with Gasteiger partial charge < -0.3 is 10.8 Å². The molecule has 90 valence electrons. The van der Waals surface area contributed by atoms with Crippen molar-refractivity contribution in [2.75, 3.05) is 0 Å². The molecule has 4 N–H and O–H groups in total. The molecule has 2 aromatic rings. The molecule has 0 bridgehead atoms. The van der Waals surface area contributed by atoms with Crippen LogP contribution in [0.5, 0.6) is 5.75 Å². The quantitative estimate of drug-likeness (QED) is 0.435. The third kappa shape index (κ3) is 2.22. The van der Waals surface area contributed by atoms with E-state index >= 15 is 0 Å². The maximum absolute atomic E-state index is 12.2. The van der Waals surface area contributed by atoms with Crippen LogP contribution in [-0.2, 0) is 0 Å². The maximum Gasteiger partial charge on any atom is 0.196 e. The van der Waals surface area contributed by atoms with Crippen molar-refractivity contribution in [2.45, 2.75) is 0 Å². The van der Waals surface area contributed by atoms with Crippen LogP contribution in [0.4, 0.5) is 0 Å². The molecule has 0 amide bonds. The standard InChI is InChI=1S/C14H12N2O2/c15-14(16)10-6-7-12(17)11(8-10)13(18)9-4-2-1-3-5-9/h1-8,17H,(H3,15,16). The Morgan fingerprint density at radius 3 is 2.33 bits per heavy atom.